The quantitative estimate of drug-likeness (QED) is 0.837. The SMILES string of the molecule is CCN(c1noc(C2CCN(C(=O)C(C)C)CC2)n1)C(C)C. The molecule has 1 aromatic heterocycles. The maximum atomic E-state index is 12.0. The van der Waals surface area contributed by atoms with Gasteiger partial charge in [-0.2, -0.15) is 4.98 Å². The molecule has 0 saturated carbocycles. The molecule has 0 radical (unpaired) electrons. The van der Waals surface area contributed by atoms with E-state index in [4.69, 9.17) is 4.52 Å². The fraction of sp³-hybridized carbons (Fsp3) is 0.812. The van der Waals surface area contributed by atoms with Crippen LogP contribution in [0.3, 0.4) is 0 Å². The van der Waals surface area contributed by atoms with Gasteiger partial charge in [-0.1, -0.05) is 13.8 Å². The first-order valence-corrected chi connectivity index (χ1v) is 8.33. The molecule has 0 atom stereocenters. The summed E-state index contributed by atoms with van der Waals surface area (Å²) in [4.78, 5) is 20.7. The summed E-state index contributed by atoms with van der Waals surface area (Å²) in [6.07, 6.45) is 1.79. The number of hydrogen-bond donors (Lipinski definition) is 0. The van der Waals surface area contributed by atoms with Crippen LogP contribution in [-0.4, -0.2) is 46.6 Å². The summed E-state index contributed by atoms with van der Waals surface area (Å²) in [6.45, 7) is 12.6. The molecule has 2 heterocycles. The molecule has 2 rings (SSSR count). The maximum absolute atomic E-state index is 12.0. The van der Waals surface area contributed by atoms with Gasteiger partial charge in [0.2, 0.25) is 11.8 Å². The van der Waals surface area contributed by atoms with E-state index in [2.05, 4.69) is 35.8 Å². The zero-order chi connectivity index (χ0) is 16.3. The summed E-state index contributed by atoms with van der Waals surface area (Å²) >= 11 is 0. The van der Waals surface area contributed by atoms with Crippen molar-refractivity contribution in [3.05, 3.63) is 5.89 Å². The van der Waals surface area contributed by atoms with Gasteiger partial charge in [-0.3, -0.25) is 4.79 Å². The van der Waals surface area contributed by atoms with Crippen LogP contribution in [0.1, 0.15) is 59.3 Å². The van der Waals surface area contributed by atoms with Crippen molar-refractivity contribution in [3.8, 4) is 0 Å². The lowest BCUT2D eigenvalue weighted by molar-refractivity contribution is -0.135. The molecule has 0 aliphatic carbocycles. The Kier molecular flexibility index (Phi) is 5.42. The number of hydrogen-bond acceptors (Lipinski definition) is 5. The topological polar surface area (TPSA) is 62.5 Å². The predicted octanol–water partition coefficient (Wildman–Crippen LogP) is 2.67. The average molecular weight is 308 g/mol. The molecule has 1 fully saturated rings. The Hall–Kier alpha value is -1.59. The molecule has 1 aliphatic rings. The second kappa shape index (κ2) is 7.11. The van der Waals surface area contributed by atoms with Crippen molar-refractivity contribution < 1.29 is 9.32 Å². The molecule has 1 aliphatic heterocycles. The Balaban J connectivity index is 1.98. The number of likely N-dealkylation sites (tertiary alicyclic amines) is 1. The molecule has 6 nitrogen and oxygen atoms in total. The number of piperidine rings is 1. The van der Waals surface area contributed by atoms with Crippen LogP contribution in [0.5, 0.6) is 0 Å². The Morgan fingerprint density at radius 2 is 1.95 bits per heavy atom. The monoisotopic (exact) mass is 308 g/mol. The highest BCUT2D eigenvalue weighted by atomic mass is 16.5. The highest BCUT2D eigenvalue weighted by Gasteiger charge is 2.29. The number of amides is 1. The first kappa shape index (κ1) is 16.8. The van der Waals surface area contributed by atoms with Crippen molar-refractivity contribution in [1.82, 2.24) is 15.0 Å². The van der Waals surface area contributed by atoms with Crippen LogP contribution in [-0.2, 0) is 4.79 Å². The minimum absolute atomic E-state index is 0.0655. The number of aromatic nitrogens is 2. The number of carbonyl (C=O) groups excluding carboxylic acids is 1. The Morgan fingerprint density at radius 3 is 2.45 bits per heavy atom. The molecule has 0 aromatic carbocycles. The molecule has 1 saturated heterocycles. The lowest BCUT2D eigenvalue weighted by Crippen LogP contribution is -2.40. The zero-order valence-electron chi connectivity index (χ0n) is 14.4. The smallest absolute Gasteiger partial charge is 0.266 e. The van der Waals surface area contributed by atoms with Crippen LogP contribution in [0.2, 0.25) is 0 Å². The minimum atomic E-state index is 0.0655. The van der Waals surface area contributed by atoms with Gasteiger partial charge in [-0.15, -0.1) is 0 Å². The van der Waals surface area contributed by atoms with Crippen molar-refractivity contribution in [2.24, 2.45) is 5.92 Å². The summed E-state index contributed by atoms with van der Waals surface area (Å²) in [5.74, 6) is 1.96. The first-order chi connectivity index (χ1) is 10.4. The number of nitrogens with zero attached hydrogens (tertiary/aromatic N) is 4. The molecule has 0 spiro atoms. The maximum Gasteiger partial charge on any atom is 0.266 e. The molecule has 1 aromatic rings. The van der Waals surface area contributed by atoms with E-state index in [0.29, 0.717) is 17.9 Å². The first-order valence-electron chi connectivity index (χ1n) is 8.33. The Labute approximate surface area is 132 Å². The molecule has 1 amide bonds. The van der Waals surface area contributed by atoms with Crippen molar-refractivity contribution in [1.29, 1.82) is 0 Å². The highest BCUT2D eigenvalue weighted by Crippen LogP contribution is 2.28. The van der Waals surface area contributed by atoms with Gasteiger partial charge in [0.1, 0.15) is 0 Å². The Morgan fingerprint density at radius 1 is 1.32 bits per heavy atom. The van der Waals surface area contributed by atoms with Gasteiger partial charge < -0.3 is 14.3 Å². The van der Waals surface area contributed by atoms with Gasteiger partial charge in [0.25, 0.3) is 5.95 Å². The van der Waals surface area contributed by atoms with E-state index in [9.17, 15) is 4.79 Å². The molecule has 22 heavy (non-hydrogen) atoms. The highest BCUT2D eigenvalue weighted by molar-refractivity contribution is 5.78. The molecular formula is C16H28N4O2. The van der Waals surface area contributed by atoms with Crippen LogP contribution in [0.25, 0.3) is 0 Å². The number of carbonyl (C=O) groups is 1. The fourth-order valence-electron chi connectivity index (χ4n) is 2.96. The van der Waals surface area contributed by atoms with Crippen molar-refractivity contribution in [3.63, 3.8) is 0 Å². The van der Waals surface area contributed by atoms with Crippen LogP contribution in [0.4, 0.5) is 5.95 Å². The summed E-state index contributed by atoms with van der Waals surface area (Å²) in [6, 6.07) is 0.348. The van der Waals surface area contributed by atoms with Crippen LogP contribution in [0, 0.1) is 5.92 Å². The largest absolute Gasteiger partial charge is 0.342 e. The lowest BCUT2D eigenvalue weighted by atomic mass is 9.96. The van der Waals surface area contributed by atoms with Crippen LogP contribution in [0.15, 0.2) is 4.52 Å². The summed E-state index contributed by atoms with van der Waals surface area (Å²) in [5.41, 5.74) is 0. The van der Waals surface area contributed by atoms with Gasteiger partial charge >= 0.3 is 0 Å². The number of rotatable bonds is 5. The van der Waals surface area contributed by atoms with E-state index >= 15 is 0 Å². The Bertz CT molecular complexity index is 490. The lowest BCUT2D eigenvalue weighted by Gasteiger charge is -2.31. The molecule has 0 unspecified atom stereocenters. The molecule has 0 N–H and O–H groups in total. The second-order valence-electron chi connectivity index (χ2n) is 6.57. The van der Waals surface area contributed by atoms with Gasteiger partial charge in [0.15, 0.2) is 0 Å². The van der Waals surface area contributed by atoms with Gasteiger partial charge in [-0.25, -0.2) is 0 Å². The van der Waals surface area contributed by atoms with E-state index in [0.717, 1.165) is 32.5 Å². The molecule has 124 valence electrons. The summed E-state index contributed by atoms with van der Waals surface area (Å²) in [5, 5.41) is 4.13. The van der Waals surface area contributed by atoms with E-state index < -0.39 is 0 Å². The summed E-state index contributed by atoms with van der Waals surface area (Å²) in [7, 11) is 0. The number of anilines is 1. The fourth-order valence-corrected chi connectivity index (χ4v) is 2.96. The van der Waals surface area contributed by atoms with E-state index in [1.807, 2.05) is 18.7 Å². The molecule has 6 heteroatoms. The van der Waals surface area contributed by atoms with Gasteiger partial charge in [0.05, 0.1) is 0 Å². The van der Waals surface area contributed by atoms with Gasteiger partial charge in [-0.05, 0) is 38.8 Å². The standard InChI is InChI=1S/C16H28N4O2/c1-6-20(12(4)5)16-17-14(22-18-16)13-7-9-19(10-8-13)15(21)11(2)3/h11-13H,6-10H2,1-5H3. The third-order valence-corrected chi connectivity index (χ3v) is 4.30. The van der Waals surface area contributed by atoms with Crippen molar-refractivity contribution in [2.45, 2.75) is 59.4 Å². The normalized spacial score (nSPS) is 16.6. The van der Waals surface area contributed by atoms with E-state index in [1.165, 1.54) is 0 Å². The third kappa shape index (κ3) is 3.59. The van der Waals surface area contributed by atoms with Gasteiger partial charge in [0, 0.05) is 37.5 Å². The van der Waals surface area contributed by atoms with Crippen molar-refractivity contribution in [2.75, 3.05) is 24.5 Å². The second-order valence-corrected chi connectivity index (χ2v) is 6.57. The van der Waals surface area contributed by atoms with Crippen molar-refractivity contribution >= 4 is 11.9 Å². The minimum Gasteiger partial charge on any atom is -0.342 e. The molecule has 0 bridgehead atoms. The summed E-state index contributed by atoms with van der Waals surface area (Å²) < 4.78 is 5.47. The van der Waals surface area contributed by atoms with Crippen LogP contribution >= 0.6 is 0 Å². The average Bonchev–Trinajstić information content (AvgIpc) is 2.96. The van der Waals surface area contributed by atoms with E-state index in [1.54, 1.807) is 0 Å². The third-order valence-electron chi connectivity index (χ3n) is 4.30. The zero-order valence-corrected chi connectivity index (χ0v) is 14.4. The molecular weight excluding hydrogens is 280 g/mol. The van der Waals surface area contributed by atoms with E-state index in [-0.39, 0.29) is 17.7 Å². The predicted molar refractivity (Wildman–Crippen MR) is 85.8 cm³/mol. The van der Waals surface area contributed by atoms with Crippen LogP contribution < -0.4 is 4.90 Å².